The first-order valence-electron chi connectivity index (χ1n) is 5.44. The molecular formula is C11H12ClN3O. The van der Waals surface area contributed by atoms with Crippen molar-refractivity contribution < 1.29 is 4.74 Å². The fourth-order valence-electron chi connectivity index (χ4n) is 2.10. The fraction of sp³-hybridized carbons (Fsp3) is 0.455. The van der Waals surface area contributed by atoms with Crippen LogP contribution in [0.4, 0.5) is 0 Å². The van der Waals surface area contributed by atoms with Gasteiger partial charge in [0, 0.05) is 24.4 Å². The summed E-state index contributed by atoms with van der Waals surface area (Å²) >= 11 is 6.14. The molecule has 0 amide bonds. The molecule has 84 valence electrons. The molecule has 1 fully saturated rings. The Balaban J connectivity index is 2.09. The number of fused-ring (bicyclic) bond motifs is 1. The van der Waals surface area contributed by atoms with Crippen molar-refractivity contribution in [3.05, 3.63) is 23.6 Å². The van der Waals surface area contributed by atoms with Crippen molar-refractivity contribution >= 4 is 22.5 Å². The van der Waals surface area contributed by atoms with Gasteiger partial charge in [-0.2, -0.15) is 5.10 Å². The van der Waals surface area contributed by atoms with Crippen LogP contribution < -0.4 is 0 Å². The van der Waals surface area contributed by atoms with Gasteiger partial charge < -0.3 is 4.74 Å². The van der Waals surface area contributed by atoms with Crippen LogP contribution in [0.1, 0.15) is 25.5 Å². The van der Waals surface area contributed by atoms with E-state index in [-0.39, 0.29) is 6.23 Å². The summed E-state index contributed by atoms with van der Waals surface area (Å²) in [7, 11) is 0. The Hall–Kier alpha value is -1.13. The maximum Gasteiger partial charge on any atom is 0.150 e. The lowest BCUT2D eigenvalue weighted by Crippen LogP contribution is -2.19. The molecule has 0 saturated carbocycles. The first kappa shape index (κ1) is 10.1. The second-order valence-electron chi connectivity index (χ2n) is 3.97. The first-order valence-corrected chi connectivity index (χ1v) is 5.82. The van der Waals surface area contributed by atoms with Crippen LogP contribution >= 0.6 is 11.6 Å². The molecule has 2 aromatic rings. The Morgan fingerprint density at radius 3 is 3.06 bits per heavy atom. The molecule has 1 aliphatic rings. The van der Waals surface area contributed by atoms with Gasteiger partial charge in [-0.25, -0.2) is 4.68 Å². The third-order valence-electron chi connectivity index (χ3n) is 2.88. The Morgan fingerprint density at radius 1 is 1.31 bits per heavy atom. The standard InChI is InChI=1S/C11H12ClN3O/c12-9-7-13-5-8-6-14-15(11(8)9)10-3-1-2-4-16-10/h5-7,10H,1-4H2. The molecule has 1 saturated heterocycles. The van der Waals surface area contributed by atoms with Crippen molar-refractivity contribution in [1.29, 1.82) is 0 Å². The second kappa shape index (κ2) is 4.03. The molecule has 0 N–H and O–H groups in total. The molecule has 5 heteroatoms. The van der Waals surface area contributed by atoms with Gasteiger partial charge in [0.15, 0.2) is 6.23 Å². The molecular weight excluding hydrogens is 226 g/mol. The summed E-state index contributed by atoms with van der Waals surface area (Å²) in [6, 6.07) is 0. The normalized spacial score (nSPS) is 21.4. The van der Waals surface area contributed by atoms with E-state index in [1.165, 1.54) is 6.42 Å². The van der Waals surface area contributed by atoms with E-state index < -0.39 is 0 Å². The SMILES string of the molecule is Clc1cncc2cnn(C3CCCCO3)c12. The van der Waals surface area contributed by atoms with Crippen LogP contribution in [-0.2, 0) is 4.74 Å². The number of ether oxygens (including phenoxy) is 1. The van der Waals surface area contributed by atoms with E-state index in [9.17, 15) is 0 Å². The van der Waals surface area contributed by atoms with E-state index in [1.54, 1.807) is 18.6 Å². The summed E-state index contributed by atoms with van der Waals surface area (Å²) in [6.45, 7) is 0.800. The zero-order chi connectivity index (χ0) is 11.0. The molecule has 0 spiro atoms. The van der Waals surface area contributed by atoms with Crippen LogP contribution in [0.3, 0.4) is 0 Å². The van der Waals surface area contributed by atoms with Gasteiger partial charge in [-0.1, -0.05) is 11.6 Å². The lowest BCUT2D eigenvalue weighted by atomic mass is 10.2. The van der Waals surface area contributed by atoms with Gasteiger partial charge in [0.25, 0.3) is 0 Å². The molecule has 0 bridgehead atoms. The monoisotopic (exact) mass is 237 g/mol. The van der Waals surface area contributed by atoms with E-state index >= 15 is 0 Å². The molecule has 3 heterocycles. The highest BCUT2D eigenvalue weighted by Crippen LogP contribution is 2.29. The number of hydrogen-bond acceptors (Lipinski definition) is 3. The molecule has 0 aromatic carbocycles. The van der Waals surface area contributed by atoms with Crippen molar-refractivity contribution in [1.82, 2.24) is 14.8 Å². The molecule has 4 nitrogen and oxygen atoms in total. The summed E-state index contributed by atoms with van der Waals surface area (Å²) in [4.78, 5) is 4.04. The van der Waals surface area contributed by atoms with Crippen LogP contribution in [0.25, 0.3) is 10.9 Å². The predicted octanol–water partition coefficient (Wildman–Crippen LogP) is 2.78. The predicted molar refractivity (Wildman–Crippen MR) is 61.4 cm³/mol. The lowest BCUT2D eigenvalue weighted by Gasteiger charge is -2.23. The molecule has 1 aliphatic heterocycles. The largest absolute Gasteiger partial charge is 0.356 e. The van der Waals surface area contributed by atoms with Crippen molar-refractivity contribution in [3.63, 3.8) is 0 Å². The Kier molecular flexibility index (Phi) is 2.53. The smallest absolute Gasteiger partial charge is 0.150 e. The highest BCUT2D eigenvalue weighted by atomic mass is 35.5. The quantitative estimate of drug-likeness (QED) is 0.766. The zero-order valence-electron chi connectivity index (χ0n) is 8.77. The summed E-state index contributed by atoms with van der Waals surface area (Å²) in [6.07, 6.45) is 8.52. The Labute approximate surface area is 98.2 Å². The number of pyridine rings is 1. The summed E-state index contributed by atoms with van der Waals surface area (Å²) < 4.78 is 7.58. The van der Waals surface area contributed by atoms with Gasteiger partial charge in [0.1, 0.15) is 0 Å². The van der Waals surface area contributed by atoms with Crippen LogP contribution in [0.15, 0.2) is 18.6 Å². The maximum atomic E-state index is 6.14. The number of hydrogen-bond donors (Lipinski definition) is 0. The van der Waals surface area contributed by atoms with Gasteiger partial charge in [-0.3, -0.25) is 4.98 Å². The van der Waals surface area contributed by atoms with E-state index in [1.807, 2.05) is 4.68 Å². The highest BCUT2D eigenvalue weighted by Gasteiger charge is 2.19. The summed E-state index contributed by atoms with van der Waals surface area (Å²) in [5, 5.41) is 5.94. The average Bonchev–Trinajstić information content (AvgIpc) is 2.75. The van der Waals surface area contributed by atoms with E-state index in [0.29, 0.717) is 5.02 Å². The molecule has 1 unspecified atom stereocenters. The Morgan fingerprint density at radius 2 is 2.25 bits per heavy atom. The molecule has 2 aromatic heterocycles. The minimum atomic E-state index is 0.0196. The molecule has 0 radical (unpaired) electrons. The number of halogens is 1. The van der Waals surface area contributed by atoms with E-state index in [2.05, 4.69) is 10.1 Å². The van der Waals surface area contributed by atoms with Crippen LogP contribution in [0.5, 0.6) is 0 Å². The number of rotatable bonds is 1. The van der Waals surface area contributed by atoms with Crippen molar-refractivity contribution in [2.45, 2.75) is 25.5 Å². The van der Waals surface area contributed by atoms with Crippen molar-refractivity contribution in [2.24, 2.45) is 0 Å². The van der Waals surface area contributed by atoms with Gasteiger partial charge in [-0.05, 0) is 19.3 Å². The molecule has 16 heavy (non-hydrogen) atoms. The van der Waals surface area contributed by atoms with Crippen LogP contribution in [-0.4, -0.2) is 21.4 Å². The number of aromatic nitrogens is 3. The highest BCUT2D eigenvalue weighted by molar-refractivity contribution is 6.34. The van der Waals surface area contributed by atoms with E-state index in [4.69, 9.17) is 16.3 Å². The topological polar surface area (TPSA) is 39.9 Å². The van der Waals surface area contributed by atoms with Crippen LogP contribution in [0, 0.1) is 0 Å². The van der Waals surface area contributed by atoms with Crippen molar-refractivity contribution in [3.8, 4) is 0 Å². The van der Waals surface area contributed by atoms with Gasteiger partial charge in [0.2, 0.25) is 0 Å². The fourth-order valence-corrected chi connectivity index (χ4v) is 2.35. The molecule has 3 rings (SSSR count). The number of nitrogens with zero attached hydrogens (tertiary/aromatic N) is 3. The lowest BCUT2D eigenvalue weighted by molar-refractivity contribution is -0.0366. The maximum absolute atomic E-state index is 6.14. The minimum Gasteiger partial charge on any atom is -0.356 e. The average molecular weight is 238 g/mol. The van der Waals surface area contributed by atoms with Gasteiger partial charge >= 0.3 is 0 Å². The Bertz CT molecular complexity index is 505. The molecule has 1 atom stereocenters. The van der Waals surface area contributed by atoms with Gasteiger partial charge in [-0.15, -0.1) is 0 Å². The third-order valence-corrected chi connectivity index (χ3v) is 3.16. The molecule has 0 aliphatic carbocycles. The minimum absolute atomic E-state index is 0.0196. The first-order chi connectivity index (χ1) is 7.86. The zero-order valence-corrected chi connectivity index (χ0v) is 9.52. The summed E-state index contributed by atoms with van der Waals surface area (Å²) in [5.74, 6) is 0. The third kappa shape index (κ3) is 1.58. The summed E-state index contributed by atoms with van der Waals surface area (Å²) in [5.41, 5.74) is 0.920. The van der Waals surface area contributed by atoms with Crippen LogP contribution in [0.2, 0.25) is 5.02 Å². The van der Waals surface area contributed by atoms with Crippen molar-refractivity contribution in [2.75, 3.05) is 6.61 Å². The van der Waals surface area contributed by atoms with Gasteiger partial charge in [0.05, 0.1) is 16.7 Å². The van der Waals surface area contributed by atoms with E-state index in [0.717, 1.165) is 30.4 Å². The second-order valence-corrected chi connectivity index (χ2v) is 4.38.